The highest BCUT2D eigenvalue weighted by atomic mass is 35.5. The molecule has 0 unspecified atom stereocenters. The molecule has 1 aromatic heterocycles. The maximum Gasteiger partial charge on any atom is 0.335 e. The second kappa shape index (κ2) is 10.6. The third-order valence-electron chi connectivity index (χ3n) is 6.25. The maximum atomic E-state index is 14.6. The molecule has 4 aromatic rings. The zero-order chi connectivity index (χ0) is 27.7. The van der Waals surface area contributed by atoms with E-state index < -0.39 is 30.1 Å². The van der Waals surface area contributed by atoms with E-state index in [1.165, 1.54) is 47.4 Å². The van der Waals surface area contributed by atoms with Crippen molar-refractivity contribution < 1.29 is 28.6 Å². The lowest BCUT2D eigenvalue weighted by Crippen LogP contribution is -2.38. The van der Waals surface area contributed by atoms with Crippen LogP contribution in [0.2, 0.25) is 5.02 Å². The van der Waals surface area contributed by atoms with Crippen LogP contribution >= 0.6 is 11.6 Å². The third-order valence-corrected chi connectivity index (χ3v) is 6.49. The van der Waals surface area contributed by atoms with Gasteiger partial charge in [0.2, 0.25) is 5.91 Å². The van der Waals surface area contributed by atoms with Crippen molar-refractivity contribution in [2.45, 2.75) is 13.2 Å². The number of carboxylic acid groups (broad SMARTS) is 1. The smallest absolute Gasteiger partial charge is 0.335 e. The van der Waals surface area contributed by atoms with Gasteiger partial charge >= 0.3 is 5.97 Å². The number of amides is 2. The minimum atomic E-state index is -1.14. The Morgan fingerprint density at radius 1 is 1.13 bits per heavy atom. The molecular weight excluding hydrogens is 527 g/mol. The Kier molecular flexibility index (Phi) is 7.03. The van der Waals surface area contributed by atoms with Gasteiger partial charge < -0.3 is 20.1 Å². The van der Waals surface area contributed by atoms with Gasteiger partial charge in [0.05, 0.1) is 11.3 Å². The molecule has 0 saturated carbocycles. The van der Waals surface area contributed by atoms with Gasteiger partial charge in [0.1, 0.15) is 24.7 Å². The average molecular weight is 549 g/mol. The number of hydrogen-bond donors (Lipinski definition) is 2. The van der Waals surface area contributed by atoms with Crippen LogP contribution in [0.5, 0.6) is 5.75 Å². The zero-order valence-corrected chi connectivity index (χ0v) is 21.4. The topological polar surface area (TPSA) is 114 Å². The molecule has 2 N–H and O–H groups in total. The number of carbonyl (C=O) groups excluding carboxylic acids is 2. The van der Waals surface area contributed by atoms with Gasteiger partial charge in [-0.05, 0) is 42.5 Å². The van der Waals surface area contributed by atoms with Gasteiger partial charge in [-0.1, -0.05) is 35.9 Å². The Morgan fingerprint density at radius 3 is 2.69 bits per heavy atom. The van der Waals surface area contributed by atoms with Gasteiger partial charge in [0.25, 0.3) is 5.91 Å². The van der Waals surface area contributed by atoms with Crippen LogP contribution in [0.4, 0.5) is 10.1 Å². The van der Waals surface area contributed by atoms with Crippen LogP contribution in [0.3, 0.4) is 0 Å². The molecule has 3 aromatic carbocycles. The molecule has 0 saturated heterocycles. The second-order valence-electron chi connectivity index (χ2n) is 8.92. The number of benzene rings is 3. The number of carbonyl (C=O) groups is 3. The van der Waals surface area contributed by atoms with E-state index in [-0.39, 0.29) is 35.7 Å². The fourth-order valence-electron chi connectivity index (χ4n) is 4.46. The maximum absolute atomic E-state index is 14.6. The van der Waals surface area contributed by atoms with Gasteiger partial charge in [-0.2, -0.15) is 5.10 Å². The number of nitrogens with one attached hydrogen (secondary N) is 1. The van der Waals surface area contributed by atoms with Crippen LogP contribution in [0, 0.1) is 5.82 Å². The van der Waals surface area contributed by atoms with E-state index in [1.807, 2.05) is 0 Å². The van der Waals surface area contributed by atoms with E-state index in [9.17, 15) is 23.9 Å². The zero-order valence-electron chi connectivity index (χ0n) is 20.6. The molecule has 5 rings (SSSR count). The normalized spacial score (nSPS) is 11.7. The molecule has 1 aliphatic rings. The molecule has 2 heterocycles. The van der Waals surface area contributed by atoms with E-state index in [4.69, 9.17) is 16.3 Å². The van der Waals surface area contributed by atoms with Gasteiger partial charge in [-0.3, -0.25) is 14.3 Å². The summed E-state index contributed by atoms with van der Waals surface area (Å²) in [5, 5.41) is 16.8. The standard InChI is InChI=1S/C28H22ClFN4O5/c1-33-26-20-10-9-18(29)12-23(20)39-15-21(26)25(32-33)27(36)34(13-17-5-2-3-8-22(17)30)14-24(35)31-19-7-4-6-16(11-19)28(37)38/h2-12H,13-15H2,1H3,(H,31,35)(H,37,38). The second-order valence-corrected chi connectivity index (χ2v) is 9.35. The lowest BCUT2D eigenvalue weighted by atomic mass is 10.0. The highest BCUT2D eigenvalue weighted by molar-refractivity contribution is 6.30. The molecule has 0 fully saturated rings. The molecule has 0 aliphatic carbocycles. The fourth-order valence-corrected chi connectivity index (χ4v) is 4.62. The minimum absolute atomic E-state index is 0.00577. The summed E-state index contributed by atoms with van der Waals surface area (Å²) in [5.74, 6) is -2.30. The van der Waals surface area contributed by atoms with E-state index in [0.29, 0.717) is 27.6 Å². The number of fused-ring (bicyclic) bond motifs is 3. The molecule has 0 spiro atoms. The number of aryl methyl sites for hydroxylation is 1. The van der Waals surface area contributed by atoms with Crippen LogP contribution in [-0.4, -0.2) is 44.1 Å². The lowest BCUT2D eigenvalue weighted by molar-refractivity contribution is -0.117. The van der Waals surface area contributed by atoms with Crippen molar-refractivity contribution in [3.8, 4) is 17.0 Å². The quantitative estimate of drug-likeness (QED) is 0.344. The first-order chi connectivity index (χ1) is 18.7. The van der Waals surface area contributed by atoms with Gasteiger partial charge in [0, 0.05) is 41.0 Å². The van der Waals surface area contributed by atoms with Crippen molar-refractivity contribution in [1.29, 1.82) is 0 Å². The molecular formula is C28H22ClFN4O5. The molecule has 0 radical (unpaired) electrons. The van der Waals surface area contributed by atoms with Crippen LogP contribution in [0.25, 0.3) is 11.3 Å². The Morgan fingerprint density at radius 2 is 1.92 bits per heavy atom. The Balaban J connectivity index is 1.46. The minimum Gasteiger partial charge on any atom is -0.488 e. The average Bonchev–Trinajstić information content (AvgIpc) is 3.25. The number of anilines is 1. The highest BCUT2D eigenvalue weighted by Crippen LogP contribution is 2.40. The summed E-state index contributed by atoms with van der Waals surface area (Å²) in [4.78, 5) is 39.3. The summed E-state index contributed by atoms with van der Waals surface area (Å²) in [7, 11) is 1.70. The van der Waals surface area contributed by atoms with Crippen LogP contribution in [0.15, 0.2) is 66.7 Å². The van der Waals surface area contributed by atoms with E-state index >= 15 is 0 Å². The molecule has 11 heteroatoms. The Bertz CT molecular complexity index is 1620. The molecule has 9 nitrogen and oxygen atoms in total. The predicted octanol–water partition coefficient (Wildman–Crippen LogP) is 4.75. The molecule has 2 amide bonds. The van der Waals surface area contributed by atoms with Crippen molar-refractivity contribution in [3.05, 3.63) is 100.0 Å². The number of nitrogens with zero attached hydrogens (tertiary/aromatic N) is 3. The summed E-state index contributed by atoms with van der Waals surface area (Å²) >= 11 is 6.10. The van der Waals surface area contributed by atoms with Crippen molar-refractivity contribution in [2.75, 3.05) is 11.9 Å². The van der Waals surface area contributed by atoms with Gasteiger partial charge in [-0.15, -0.1) is 0 Å². The molecule has 198 valence electrons. The molecule has 0 atom stereocenters. The molecule has 0 bridgehead atoms. The summed E-state index contributed by atoms with van der Waals surface area (Å²) < 4.78 is 22.0. The lowest BCUT2D eigenvalue weighted by Gasteiger charge is -2.23. The Hall–Kier alpha value is -4.70. The monoisotopic (exact) mass is 548 g/mol. The third kappa shape index (κ3) is 5.32. The largest absolute Gasteiger partial charge is 0.488 e. The van der Waals surface area contributed by atoms with E-state index in [2.05, 4.69) is 10.4 Å². The summed E-state index contributed by atoms with van der Waals surface area (Å²) in [5.41, 5.74) is 2.46. The van der Waals surface area contributed by atoms with E-state index in [0.717, 1.165) is 0 Å². The number of halogens is 2. The number of hydrogen-bond acceptors (Lipinski definition) is 5. The summed E-state index contributed by atoms with van der Waals surface area (Å²) in [6.45, 7) is -0.589. The molecule has 39 heavy (non-hydrogen) atoms. The first-order valence-corrected chi connectivity index (χ1v) is 12.2. The van der Waals surface area contributed by atoms with Crippen LogP contribution in [-0.2, 0) is 25.0 Å². The van der Waals surface area contributed by atoms with E-state index in [1.54, 1.807) is 36.0 Å². The first kappa shape index (κ1) is 25.9. The fraction of sp³-hybridized carbons (Fsp3) is 0.143. The SMILES string of the molecule is Cn1nc(C(=O)N(CC(=O)Nc2cccc(C(=O)O)c2)Cc2ccccc2F)c2c1-c1ccc(Cl)cc1OC2. The number of carboxylic acids is 1. The summed E-state index contributed by atoms with van der Waals surface area (Å²) in [6.07, 6.45) is 0. The highest BCUT2D eigenvalue weighted by Gasteiger charge is 2.32. The number of rotatable bonds is 7. The van der Waals surface area contributed by atoms with Crippen LogP contribution < -0.4 is 10.1 Å². The number of aromatic carboxylic acids is 1. The van der Waals surface area contributed by atoms with Crippen LogP contribution in [0.1, 0.15) is 32.0 Å². The van der Waals surface area contributed by atoms with Gasteiger partial charge in [0.15, 0.2) is 5.69 Å². The number of aromatic nitrogens is 2. The van der Waals surface area contributed by atoms with Crippen molar-refractivity contribution in [1.82, 2.24) is 14.7 Å². The number of ether oxygens (including phenoxy) is 1. The van der Waals surface area contributed by atoms with Crippen molar-refractivity contribution >= 4 is 35.1 Å². The first-order valence-electron chi connectivity index (χ1n) is 11.9. The Labute approximate surface area is 227 Å². The predicted molar refractivity (Wildman–Crippen MR) is 141 cm³/mol. The van der Waals surface area contributed by atoms with Crippen molar-refractivity contribution in [3.63, 3.8) is 0 Å². The summed E-state index contributed by atoms with van der Waals surface area (Å²) in [6, 6.07) is 16.9. The van der Waals surface area contributed by atoms with Gasteiger partial charge in [-0.25, -0.2) is 9.18 Å². The molecule has 1 aliphatic heterocycles. The van der Waals surface area contributed by atoms with Crippen molar-refractivity contribution in [2.24, 2.45) is 7.05 Å².